The molecule has 1 heterocycles. The molecule has 0 bridgehead atoms. The number of ether oxygens (including phenoxy) is 1. The van der Waals surface area contributed by atoms with Crippen LogP contribution in [-0.2, 0) is 4.79 Å². The molecule has 0 radical (unpaired) electrons. The average molecular weight is 516 g/mol. The number of aromatic nitrogens is 1. The van der Waals surface area contributed by atoms with Gasteiger partial charge in [-0.1, -0.05) is 83.1 Å². The molecule has 0 aliphatic carbocycles. The van der Waals surface area contributed by atoms with Crippen molar-refractivity contribution in [1.29, 1.82) is 0 Å². The van der Waals surface area contributed by atoms with Crippen molar-refractivity contribution in [3.8, 4) is 17.0 Å². The standard InChI is InChI=1S/C33H41NO4/c1-22(2)24-10-16-27(17-11-24)32-23(3)20-28(21-34-32)38-30(18-19-33(4,5)6)26-14-12-25(13-15-26)29(35)8-7-9-31(36)37/h10-17,20-22,30H,7-9,18-19H2,1-6H3,(H,36,37). The van der Waals surface area contributed by atoms with Crippen LogP contribution in [0.15, 0.2) is 60.8 Å². The summed E-state index contributed by atoms with van der Waals surface area (Å²) in [5.74, 6) is 0.288. The first kappa shape index (κ1) is 29.1. The molecular formula is C33H41NO4. The molecule has 0 spiro atoms. The first-order valence-electron chi connectivity index (χ1n) is 13.5. The fourth-order valence-electron chi connectivity index (χ4n) is 4.39. The lowest BCUT2D eigenvalue weighted by Crippen LogP contribution is -2.13. The molecule has 1 atom stereocenters. The number of carbonyl (C=O) groups excluding carboxylic acids is 1. The van der Waals surface area contributed by atoms with E-state index in [1.807, 2.05) is 30.3 Å². The van der Waals surface area contributed by atoms with Crippen LogP contribution >= 0.6 is 0 Å². The molecule has 0 aliphatic rings. The van der Waals surface area contributed by atoms with Gasteiger partial charge in [-0.15, -0.1) is 0 Å². The third-order valence-electron chi connectivity index (χ3n) is 6.74. The fourth-order valence-corrected chi connectivity index (χ4v) is 4.39. The van der Waals surface area contributed by atoms with Gasteiger partial charge in [0.15, 0.2) is 5.78 Å². The van der Waals surface area contributed by atoms with E-state index >= 15 is 0 Å². The van der Waals surface area contributed by atoms with Crippen molar-refractivity contribution in [1.82, 2.24) is 4.98 Å². The van der Waals surface area contributed by atoms with Crippen molar-refractivity contribution in [2.45, 2.75) is 85.7 Å². The number of benzene rings is 2. The smallest absolute Gasteiger partial charge is 0.303 e. The topological polar surface area (TPSA) is 76.5 Å². The molecule has 3 aromatic rings. The molecule has 0 saturated carbocycles. The van der Waals surface area contributed by atoms with Gasteiger partial charge in [0.05, 0.1) is 11.9 Å². The number of pyridine rings is 1. The molecule has 1 unspecified atom stereocenters. The fraction of sp³-hybridized carbons (Fsp3) is 0.424. The molecule has 5 heteroatoms. The number of hydrogen-bond acceptors (Lipinski definition) is 4. The van der Waals surface area contributed by atoms with E-state index in [0.717, 1.165) is 41.0 Å². The third-order valence-corrected chi connectivity index (χ3v) is 6.74. The molecular weight excluding hydrogens is 474 g/mol. The Morgan fingerprint density at radius 3 is 2.13 bits per heavy atom. The Labute approximate surface area is 227 Å². The number of aryl methyl sites for hydroxylation is 1. The normalized spacial score (nSPS) is 12.4. The van der Waals surface area contributed by atoms with Gasteiger partial charge in [0, 0.05) is 24.0 Å². The summed E-state index contributed by atoms with van der Waals surface area (Å²) < 4.78 is 6.50. The second-order valence-corrected chi connectivity index (χ2v) is 11.6. The lowest BCUT2D eigenvalue weighted by atomic mass is 9.87. The summed E-state index contributed by atoms with van der Waals surface area (Å²) in [6.45, 7) is 13.1. The quantitative estimate of drug-likeness (QED) is 0.244. The summed E-state index contributed by atoms with van der Waals surface area (Å²) in [6, 6.07) is 18.2. The van der Waals surface area contributed by atoms with Crippen LogP contribution in [0.3, 0.4) is 0 Å². The van der Waals surface area contributed by atoms with Crippen molar-refractivity contribution in [3.05, 3.63) is 83.0 Å². The molecule has 0 saturated heterocycles. The Morgan fingerprint density at radius 1 is 0.947 bits per heavy atom. The Balaban J connectivity index is 1.78. The van der Waals surface area contributed by atoms with Crippen LogP contribution in [0.1, 0.15) is 106 Å². The van der Waals surface area contributed by atoms with Crippen molar-refractivity contribution in [2.75, 3.05) is 0 Å². The zero-order valence-corrected chi connectivity index (χ0v) is 23.6. The highest BCUT2D eigenvalue weighted by atomic mass is 16.5. The van der Waals surface area contributed by atoms with Gasteiger partial charge < -0.3 is 9.84 Å². The first-order valence-corrected chi connectivity index (χ1v) is 13.5. The van der Waals surface area contributed by atoms with E-state index in [-0.39, 0.29) is 30.1 Å². The van der Waals surface area contributed by atoms with Gasteiger partial charge in [0.25, 0.3) is 0 Å². The predicted octanol–water partition coefficient (Wildman–Crippen LogP) is 8.56. The summed E-state index contributed by atoms with van der Waals surface area (Å²) in [6.07, 6.45) is 3.99. The zero-order valence-electron chi connectivity index (χ0n) is 23.6. The molecule has 0 aliphatic heterocycles. The highest BCUT2D eigenvalue weighted by Gasteiger charge is 2.20. The van der Waals surface area contributed by atoms with Gasteiger partial charge >= 0.3 is 5.97 Å². The van der Waals surface area contributed by atoms with Crippen molar-refractivity contribution in [2.24, 2.45) is 5.41 Å². The van der Waals surface area contributed by atoms with E-state index in [2.05, 4.69) is 65.8 Å². The van der Waals surface area contributed by atoms with Crippen LogP contribution in [0.4, 0.5) is 0 Å². The largest absolute Gasteiger partial charge is 0.484 e. The SMILES string of the molecule is Cc1cc(OC(CCC(C)(C)C)c2ccc(C(=O)CCCC(=O)O)cc2)cnc1-c1ccc(C(C)C)cc1. The number of nitrogens with zero attached hydrogens (tertiary/aromatic N) is 1. The van der Waals surface area contributed by atoms with E-state index in [4.69, 9.17) is 14.8 Å². The van der Waals surface area contributed by atoms with E-state index in [1.54, 1.807) is 6.20 Å². The average Bonchev–Trinajstić information content (AvgIpc) is 2.86. The molecule has 3 rings (SSSR count). The number of carboxylic acid groups (broad SMARTS) is 1. The highest BCUT2D eigenvalue weighted by molar-refractivity contribution is 5.96. The van der Waals surface area contributed by atoms with Crippen LogP contribution in [-0.4, -0.2) is 21.8 Å². The maximum absolute atomic E-state index is 12.5. The second kappa shape index (κ2) is 12.9. The first-order chi connectivity index (χ1) is 17.9. The summed E-state index contributed by atoms with van der Waals surface area (Å²) >= 11 is 0. The number of rotatable bonds is 12. The van der Waals surface area contributed by atoms with E-state index in [0.29, 0.717) is 17.9 Å². The van der Waals surface area contributed by atoms with Gasteiger partial charge in [-0.25, -0.2) is 0 Å². The molecule has 1 N–H and O–H groups in total. The predicted molar refractivity (Wildman–Crippen MR) is 153 cm³/mol. The molecule has 202 valence electrons. The van der Waals surface area contributed by atoms with Crippen molar-refractivity contribution >= 4 is 11.8 Å². The molecule has 0 amide bonds. The Morgan fingerprint density at radius 2 is 1.58 bits per heavy atom. The lowest BCUT2D eigenvalue weighted by molar-refractivity contribution is -0.137. The summed E-state index contributed by atoms with van der Waals surface area (Å²) in [5, 5.41) is 8.81. The van der Waals surface area contributed by atoms with Gasteiger partial charge in [0.2, 0.25) is 0 Å². The van der Waals surface area contributed by atoms with Gasteiger partial charge in [0.1, 0.15) is 11.9 Å². The lowest BCUT2D eigenvalue weighted by Gasteiger charge is -2.25. The van der Waals surface area contributed by atoms with Gasteiger partial charge in [-0.3, -0.25) is 14.6 Å². The molecule has 0 fully saturated rings. The van der Waals surface area contributed by atoms with Crippen LogP contribution < -0.4 is 4.74 Å². The molecule has 38 heavy (non-hydrogen) atoms. The van der Waals surface area contributed by atoms with Crippen LogP contribution in [0, 0.1) is 12.3 Å². The summed E-state index contributed by atoms with van der Waals surface area (Å²) in [5.41, 5.74) is 6.15. The minimum Gasteiger partial charge on any atom is -0.484 e. The Kier molecular flexibility index (Phi) is 9.84. The minimum absolute atomic E-state index is 0.00202. The van der Waals surface area contributed by atoms with E-state index in [9.17, 15) is 9.59 Å². The van der Waals surface area contributed by atoms with Crippen molar-refractivity contribution in [3.63, 3.8) is 0 Å². The minimum atomic E-state index is -0.881. The zero-order chi connectivity index (χ0) is 27.9. The van der Waals surface area contributed by atoms with Gasteiger partial charge in [-0.2, -0.15) is 0 Å². The maximum atomic E-state index is 12.5. The molecule has 1 aromatic heterocycles. The Hall–Kier alpha value is -3.47. The number of hydrogen-bond donors (Lipinski definition) is 1. The monoisotopic (exact) mass is 515 g/mol. The van der Waals surface area contributed by atoms with E-state index in [1.165, 1.54) is 5.56 Å². The van der Waals surface area contributed by atoms with Crippen LogP contribution in [0.25, 0.3) is 11.3 Å². The third kappa shape index (κ3) is 8.54. The number of carboxylic acids is 1. The highest BCUT2D eigenvalue weighted by Crippen LogP contribution is 2.33. The van der Waals surface area contributed by atoms with Gasteiger partial charge in [-0.05, 0) is 60.3 Å². The number of carbonyl (C=O) groups is 2. The van der Waals surface area contributed by atoms with E-state index < -0.39 is 5.97 Å². The summed E-state index contributed by atoms with van der Waals surface area (Å²) in [7, 11) is 0. The second-order valence-electron chi connectivity index (χ2n) is 11.6. The van der Waals surface area contributed by atoms with Crippen molar-refractivity contribution < 1.29 is 19.4 Å². The number of Topliss-reactive ketones (excluding diaryl/α,β-unsaturated/α-hetero) is 1. The summed E-state index contributed by atoms with van der Waals surface area (Å²) in [4.78, 5) is 27.9. The molecule has 2 aromatic carbocycles. The van der Waals surface area contributed by atoms with Crippen LogP contribution in [0.5, 0.6) is 5.75 Å². The Bertz CT molecular complexity index is 1220. The number of ketones is 1. The maximum Gasteiger partial charge on any atom is 0.303 e. The molecule has 5 nitrogen and oxygen atoms in total. The van der Waals surface area contributed by atoms with Crippen LogP contribution in [0.2, 0.25) is 0 Å². The number of aliphatic carboxylic acids is 1.